The standard InChI is InChI=1S/C30H66N3O3P/c1-3-5-7-9-11-13-15-17-19-21-23-29-35-37(34,33-28-27-32-26-25-31)36-30-24-22-20-18-16-14-12-10-8-6-4-2/h32H,3-31H2,1-2H3,(H,33,34). The molecule has 0 heterocycles. The summed E-state index contributed by atoms with van der Waals surface area (Å²) in [6, 6.07) is 0. The third-order valence-electron chi connectivity index (χ3n) is 6.95. The average molecular weight is 548 g/mol. The predicted octanol–water partition coefficient (Wildman–Crippen LogP) is 8.89. The Morgan fingerprint density at radius 3 is 1.22 bits per heavy atom. The van der Waals surface area contributed by atoms with E-state index < -0.39 is 7.75 Å². The fourth-order valence-corrected chi connectivity index (χ4v) is 5.92. The van der Waals surface area contributed by atoms with Crippen LogP contribution in [0, 0.1) is 0 Å². The summed E-state index contributed by atoms with van der Waals surface area (Å²) in [6.45, 7) is 8.13. The number of hydrogen-bond donors (Lipinski definition) is 3. The van der Waals surface area contributed by atoms with E-state index in [-0.39, 0.29) is 0 Å². The third kappa shape index (κ3) is 28.8. The lowest BCUT2D eigenvalue weighted by molar-refractivity contribution is 0.189. The van der Waals surface area contributed by atoms with Crippen LogP contribution in [0.3, 0.4) is 0 Å². The zero-order chi connectivity index (χ0) is 27.1. The molecule has 0 amide bonds. The first kappa shape index (κ1) is 37.0. The second-order valence-corrected chi connectivity index (χ2v) is 12.5. The quantitative estimate of drug-likeness (QED) is 0.0576. The summed E-state index contributed by atoms with van der Waals surface area (Å²) < 4.78 is 24.8. The van der Waals surface area contributed by atoms with Crippen LogP contribution in [0.15, 0.2) is 0 Å². The molecule has 37 heavy (non-hydrogen) atoms. The first-order valence-electron chi connectivity index (χ1n) is 16.2. The molecule has 0 aromatic carbocycles. The molecule has 4 N–H and O–H groups in total. The Bertz CT molecular complexity index is 451. The number of nitrogens with two attached hydrogens (primary N) is 1. The first-order chi connectivity index (χ1) is 18.2. The molecule has 224 valence electrons. The van der Waals surface area contributed by atoms with Crippen molar-refractivity contribution in [3.05, 3.63) is 0 Å². The Morgan fingerprint density at radius 2 is 0.865 bits per heavy atom. The van der Waals surface area contributed by atoms with E-state index >= 15 is 0 Å². The summed E-state index contributed by atoms with van der Waals surface area (Å²) in [5, 5.41) is 6.26. The largest absolute Gasteiger partial charge is 0.405 e. The molecular formula is C30H66N3O3P. The molecule has 0 aliphatic heterocycles. The van der Waals surface area contributed by atoms with Crippen LogP contribution in [-0.4, -0.2) is 39.4 Å². The van der Waals surface area contributed by atoms with Gasteiger partial charge in [0, 0.05) is 26.2 Å². The smallest absolute Gasteiger partial charge is 0.329 e. The maximum absolute atomic E-state index is 13.2. The maximum Gasteiger partial charge on any atom is 0.405 e. The van der Waals surface area contributed by atoms with Crippen molar-refractivity contribution in [3.8, 4) is 0 Å². The van der Waals surface area contributed by atoms with Crippen LogP contribution in [0.4, 0.5) is 0 Å². The highest BCUT2D eigenvalue weighted by molar-refractivity contribution is 7.51. The lowest BCUT2D eigenvalue weighted by Gasteiger charge is -2.19. The minimum Gasteiger partial charge on any atom is -0.329 e. The summed E-state index contributed by atoms with van der Waals surface area (Å²) >= 11 is 0. The molecule has 0 aromatic rings. The highest BCUT2D eigenvalue weighted by Crippen LogP contribution is 2.43. The Kier molecular flexibility index (Phi) is 30.6. The Hall–Kier alpha value is 0.0300. The van der Waals surface area contributed by atoms with Gasteiger partial charge in [-0.2, -0.15) is 0 Å². The molecule has 0 bridgehead atoms. The maximum atomic E-state index is 13.2. The predicted molar refractivity (Wildman–Crippen MR) is 162 cm³/mol. The van der Waals surface area contributed by atoms with E-state index in [0.717, 1.165) is 32.2 Å². The van der Waals surface area contributed by atoms with E-state index in [0.29, 0.717) is 32.8 Å². The van der Waals surface area contributed by atoms with Crippen molar-refractivity contribution in [1.82, 2.24) is 10.4 Å². The summed E-state index contributed by atoms with van der Waals surface area (Å²) in [7, 11) is -3.25. The SMILES string of the molecule is CCCCCCCCCCCCCOP(=O)(NCCNCCN)OCCCCCCCCCCCCC. The van der Waals surface area contributed by atoms with E-state index in [1.165, 1.54) is 116 Å². The number of hydrogen-bond acceptors (Lipinski definition) is 5. The molecule has 0 spiro atoms. The Morgan fingerprint density at radius 1 is 0.514 bits per heavy atom. The number of nitrogens with one attached hydrogen (secondary N) is 2. The van der Waals surface area contributed by atoms with E-state index in [1.807, 2.05) is 0 Å². The number of unbranched alkanes of at least 4 members (excludes halogenated alkanes) is 20. The fourth-order valence-electron chi connectivity index (χ4n) is 4.54. The molecule has 0 saturated heterocycles. The van der Waals surface area contributed by atoms with Crippen LogP contribution in [0.1, 0.15) is 155 Å². The summed E-state index contributed by atoms with van der Waals surface area (Å²) in [5.74, 6) is 0. The Labute approximate surface area is 232 Å². The van der Waals surface area contributed by atoms with Gasteiger partial charge in [0.15, 0.2) is 0 Å². The van der Waals surface area contributed by atoms with Gasteiger partial charge in [-0.3, -0.25) is 9.05 Å². The van der Waals surface area contributed by atoms with Crippen LogP contribution in [0.5, 0.6) is 0 Å². The van der Waals surface area contributed by atoms with Gasteiger partial charge < -0.3 is 11.1 Å². The second-order valence-electron chi connectivity index (χ2n) is 10.7. The zero-order valence-electron chi connectivity index (χ0n) is 25.0. The normalized spacial score (nSPS) is 12.0. The Balaban J connectivity index is 3.91. The van der Waals surface area contributed by atoms with Crippen molar-refractivity contribution < 1.29 is 13.6 Å². The molecule has 0 aromatic heterocycles. The van der Waals surface area contributed by atoms with E-state index in [1.54, 1.807) is 0 Å². The molecule has 0 unspecified atom stereocenters. The van der Waals surface area contributed by atoms with Crippen LogP contribution in [-0.2, 0) is 13.6 Å². The molecule has 0 atom stereocenters. The molecule has 0 fully saturated rings. The van der Waals surface area contributed by atoms with Gasteiger partial charge in [0.2, 0.25) is 0 Å². The molecule has 0 aliphatic rings. The van der Waals surface area contributed by atoms with Crippen molar-refractivity contribution in [1.29, 1.82) is 0 Å². The molecule has 7 heteroatoms. The van der Waals surface area contributed by atoms with Crippen molar-refractivity contribution in [2.45, 2.75) is 155 Å². The monoisotopic (exact) mass is 547 g/mol. The molecule has 0 radical (unpaired) electrons. The zero-order valence-corrected chi connectivity index (χ0v) is 25.9. The van der Waals surface area contributed by atoms with Gasteiger partial charge in [-0.1, -0.05) is 142 Å². The van der Waals surface area contributed by atoms with Crippen molar-refractivity contribution in [2.75, 3.05) is 39.4 Å². The molecule has 0 aliphatic carbocycles. The summed E-state index contributed by atoms with van der Waals surface area (Å²) in [5.41, 5.74) is 5.52. The van der Waals surface area contributed by atoms with Crippen molar-refractivity contribution in [3.63, 3.8) is 0 Å². The summed E-state index contributed by atoms with van der Waals surface area (Å²) in [4.78, 5) is 0. The lowest BCUT2D eigenvalue weighted by atomic mass is 10.1. The fraction of sp³-hybridized carbons (Fsp3) is 1.00. The van der Waals surface area contributed by atoms with Crippen molar-refractivity contribution in [2.24, 2.45) is 5.73 Å². The van der Waals surface area contributed by atoms with E-state index in [4.69, 9.17) is 14.8 Å². The van der Waals surface area contributed by atoms with E-state index in [9.17, 15) is 4.57 Å². The van der Waals surface area contributed by atoms with Crippen LogP contribution >= 0.6 is 7.75 Å². The van der Waals surface area contributed by atoms with Gasteiger partial charge in [-0.15, -0.1) is 0 Å². The van der Waals surface area contributed by atoms with E-state index in [2.05, 4.69) is 24.3 Å². The highest BCUT2D eigenvalue weighted by atomic mass is 31.2. The summed E-state index contributed by atoms with van der Waals surface area (Å²) in [6.07, 6.45) is 28.4. The average Bonchev–Trinajstić information content (AvgIpc) is 2.90. The number of rotatable bonds is 32. The molecule has 6 nitrogen and oxygen atoms in total. The van der Waals surface area contributed by atoms with Crippen LogP contribution in [0.25, 0.3) is 0 Å². The molecule has 0 saturated carbocycles. The minimum atomic E-state index is -3.25. The third-order valence-corrected chi connectivity index (χ3v) is 8.60. The first-order valence-corrected chi connectivity index (χ1v) is 17.8. The topological polar surface area (TPSA) is 85.6 Å². The van der Waals surface area contributed by atoms with Gasteiger partial charge in [0.25, 0.3) is 0 Å². The second kappa shape index (κ2) is 30.6. The lowest BCUT2D eigenvalue weighted by Crippen LogP contribution is -2.30. The van der Waals surface area contributed by atoms with Gasteiger partial charge in [0.05, 0.1) is 13.2 Å². The van der Waals surface area contributed by atoms with Gasteiger partial charge in [-0.25, -0.2) is 9.65 Å². The van der Waals surface area contributed by atoms with Crippen LogP contribution < -0.4 is 16.1 Å². The van der Waals surface area contributed by atoms with Gasteiger partial charge in [0.1, 0.15) is 0 Å². The molecular weight excluding hydrogens is 481 g/mol. The highest BCUT2D eigenvalue weighted by Gasteiger charge is 2.23. The minimum absolute atomic E-state index is 0.496. The van der Waals surface area contributed by atoms with Gasteiger partial charge in [-0.05, 0) is 12.8 Å². The van der Waals surface area contributed by atoms with Crippen LogP contribution in [0.2, 0.25) is 0 Å². The van der Waals surface area contributed by atoms with Gasteiger partial charge >= 0.3 is 7.75 Å². The molecule has 0 rings (SSSR count). The van der Waals surface area contributed by atoms with Crippen molar-refractivity contribution >= 4 is 7.75 Å².